The van der Waals surface area contributed by atoms with Crippen molar-refractivity contribution in [2.75, 3.05) is 0 Å². The fourth-order valence-corrected chi connectivity index (χ4v) is 6.57. The maximum atomic E-state index is 13.5. The summed E-state index contributed by atoms with van der Waals surface area (Å²) >= 11 is 0. The molecule has 1 aromatic heterocycles. The molecule has 4 rings (SSSR count). The number of aliphatic hydroxyl groups is 2. The number of hydrogen-bond donors (Lipinski definition) is 2. The number of para-hydroxylation sites is 1. The number of carbonyl (C=O) groups is 2. The number of Topliss-reactive ketones (excluding diaryl/α,β-unsaturated/α-hetero) is 2. The second-order valence-corrected chi connectivity index (χ2v) is 11.8. The van der Waals surface area contributed by atoms with Crippen molar-refractivity contribution in [3.8, 4) is 0 Å². The van der Waals surface area contributed by atoms with Gasteiger partial charge in [0, 0.05) is 42.4 Å². The van der Waals surface area contributed by atoms with Crippen LogP contribution in [0.2, 0.25) is 0 Å². The molecule has 32 heavy (non-hydrogen) atoms. The molecular weight excluding hydrogens is 402 g/mol. The minimum absolute atomic E-state index is 0.00378. The minimum Gasteiger partial charge on any atom is -0.392 e. The van der Waals surface area contributed by atoms with Crippen molar-refractivity contribution in [1.29, 1.82) is 0 Å². The molecule has 5 nitrogen and oxygen atoms in total. The maximum absolute atomic E-state index is 13.5. The highest BCUT2D eigenvalue weighted by Gasteiger charge is 2.52. The average Bonchev–Trinajstić information content (AvgIpc) is 2.88. The molecule has 1 aromatic carbocycles. The van der Waals surface area contributed by atoms with Gasteiger partial charge in [0.15, 0.2) is 0 Å². The van der Waals surface area contributed by atoms with Crippen LogP contribution in [0.4, 0.5) is 0 Å². The zero-order chi connectivity index (χ0) is 23.6. The topological polar surface area (TPSA) is 79.5 Å². The van der Waals surface area contributed by atoms with E-state index >= 15 is 0 Å². The number of aryl methyl sites for hydroxylation is 1. The van der Waals surface area contributed by atoms with Crippen LogP contribution in [0.3, 0.4) is 0 Å². The Morgan fingerprint density at radius 3 is 1.84 bits per heavy atom. The van der Waals surface area contributed by atoms with Crippen LogP contribution in [0.25, 0.3) is 10.9 Å². The van der Waals surface area contributed by atoms with Gasteiger partial charge in [-0.2, -0.15) is 0 Å². The van der Waals surface area contributed by atoms with Crippen molar-refractivity contribution in [2.45, 2.75) is 78.4 Å². The standard InChI is InChI=1S/C27H37NO4/c1-15-22(16-9-7-8-10-17(16)28(15)6)25(23-18(29)11-26(2,3)12-19(23)30)24-20(31)13-27(4,5)14-21(24)32/h7-10,18,20,23-25,29,31H,11-14H2,1-6H3/t18-,20+,23-,24-,25?/m0/s1. The highest BCUT2D eigenvalue weighted by molar-refractivity contribution is 5.92. The lowest BCUT2D eigenvalue weighted by Gasteiger charge is -2.46. The van der Waals surface area contributed by atoms with Gasteiger partial charge in [0.2, 0.25) is 0 Å². The number of nitrogens with zero attached hydrogens (tertiary/aromatic N) is 1. The number of benzene rings is 1. The van der Waals surface area contributed by atoms with Crippen LogP contribution in [0.1, 0.15) is 70.6 Å². The highest BCUT2D eigenvalue weighted by Crippen LogP contribution is 2.51. The molecule has 5 heteroatoms. The lowest BCUT2D eigenvalue weighted by atomic mass is 9.58. The number of aliphatic hydroxyl groups excluding tert-OH is 2. The first kappa shape index (κ1) is 23.2. The van der Waals surface area contributed by atoms with E-state index in [1.807, 2.05) is 65.9 Å². The highest BCUT2D eigenvalue weighted by atomic mass is 16.3. The van der Waals surface area contributed by atoms with E-state index in [4.69, 9.17) is 0 Å². The van der Waals surface area contributed by atoms with Crippen LogP contribution in [-0.2, 0) is 16.6 Å². The molecule has 2 aromatic rings. The van der Waals surface area contributed by atoms with E-state index in [1.165, 1.54) is 0 Å². The molecule has 0 radical (unpaired) electrons. The predicted octanol–water partition coefficient (Wildman–Crippen LogP) is 4.30. The first-order valence-electron chi connectivity index (χ1n) is 11.8. The smallest absolute Gasteiger partial charge is 0.139 e. The fourth-order valence-electron chi connectivity index (χ4n) is 6.57. The SMILES string of the molecule is Cc1c(C([C@@H]2C(=O)CC(C)(C)C[C@H]2O)[C@@H]2C(=O)CC(C)(C)C[C@@H]2O)c2ccccc2n1C. The third kappa shape index (κ3) is 3.84. The van der Waals surface area contributed by atoms with Crippen LogP contribution in [0.5, 0.6) is 0 Å². The van der Waals surface area contributed by atoms with E-state index in [0.29, 0.717) is 25.7 Å². The lowest BCUT2D eigenvalue weighted by Crippen LogP contribution is -2.51. The Morgan fingerprint density at radius 2 is 1.38 bits per heavy atom. The zero-order valence-corrected chi connectivity index (χ0v) is 20.2. The summed E-state index contributed by atoms with van der Waals surface area (Å²) in [5.41, 5.74) is 2.38. The maximum Gasteiger partial charge on any atom is 0.139 e. The molecule has 0 aliphatic heterocycles. The summed E-state index contributed by atoms with van der Waals surface area (Å²) in [5.74, 6) is -1.94. The fraction of sp³-hybridized carbons (Fsp3) is 0.630. The molecule has 2 N–H and O–H groups in total. The van der Waals surface area contributed by atoms with Crippen LogP contribution >= 0.6 is 0 Å². The Morgan fingerprint density at radius 1 is 0.906 bits per heavy atom. The van der Waals surface area contributed by atoms with E-state index in [0.717, 1.165) is 22.2 Å². The average molecular weight is 440 g/mol. The van der Waals surface area contributed by atoms with Gasteiger partial charge in [0.05, 0.1) is 24.0 Å². The van der Waals surface area contributed by atoms with Crippen LogP contribution in [0.15, 0.2) is 24.3 Å². The largest absolute Gasteiger partial charge is 0.392 e. The molecule has 0 bridgehead atoms. The zero-order valence-electron chi connectivity index (χ0n) is 20.2. The van der Waals surface area contributed by atoms with Crippen LogP contribution in [-0.4, -0.2) is 38.6 Å². The molecule has 5 atom stereocenters. The van der Waals surface area contributed by atoms with Gasteiger partial charge in [0.1, 0.15) is 11.6 Å². The molecule has 174 valence electrons. The molecule has 1 unspecified atom stereocenters. The summed E-state index contributed by atoms with van der Waals surface area (Å²) in [4.78, 5) is 27.0. The Labute approximate surface area is 190 Å². The molecular formula is C27H37NO4. The van der Waals surface area contributed by atoms with Crippen molar-refractivity contribution < 1.29 is 19.8 Å². The van der Waals surface area contributed by atoms with Crippen LogP contribution in [0, 0.1) is 29.6 Å². The van der Waals surface area contributed by atoms with E-state index in [1.54, 1.807) is 0 Å². The Bertz CT molecular complexity index is 1020. The van der Waals surface area contributed by atoms with E-state index in [-0.39, 0.29) is 22.4 Å². The second-order valence-electron chi connectivity index (χ2n) is 11.8. The molecule has 0 amide bonds. The summed E-state index contributed by atoms with van der Waals surface area (Å²) in [6, 6.07) is 8.00. The van der Waals surface area contributed by atoms with Gasteiger partial charge in [-0.25, -0.2) is 0 Å². The third-order valence-corrected chi connectivity index (χ3v) is 7.96. The third-order valence-electron chi connectivity index (χ3n) is 7.96. The summed E-state index contributed by atoms with van der Waals surface area (Å²) < 4.78 is 2.09. The molecule has 2 aliphatic rings. The van der Waals surface area contributed by atoms with Crippen molar-refractivity contribution in [3.05, 3.63) is 35.5 Å². The number of hydrogen-bond acceptors (Lipinski definition) is 4. The van der Waals surface area contributed by atoms with Gasteiger partial charge in [-0.15, -0.1) is 0 Å². The molecule has 1 heterocycles. The summed E-state index contributed by atoms with van der Waals surface area (Å²) in [6.07, 6.45) is 0.0714. The van der Waals surface area contributed by atoms with Gasteiger partial charge >= 0.3 is 0 Å². The first-order chi connectivity index (χ1) is 14.8. The normalized spacial score (nSPS) is 31.1. The van der Waals surface area contributed by atoms with E-state index < -0.39 is 30.0 Å². The Hall–Kier alpha value is -1.98. The van der Waals surface area contributed by atoms with Gasteiger partial charge in [-0.05, 0) is 42.2 Å². The molecule has 0 spiro atoms. The number of rotatable bonds is 3. The number of ketones is 2. The van der Waals surface area contributed by atoms with E-state index in [2.05, 4.69) is 4.57 Å². The van der Waals surface area contributed by atoms with Gasteiger partial charge in [0.25, 0.3) is 0 Å². The lowest BCUT2D eigenvalue weighted by molar-refractivity contribution is -0.144. The molecule has 2 saturated carbocycles. The van der Waals surface area contributed by atoms with Crippen molar-refractivity contribution in [3.63, 3.8) is 0 Å². The molecule has 2 aliphatic carbocycles. The van der Waals surface area contributed by atoms with Crippen molar-refractivity contribution in [2.24, 2.45) is 29.7 Å². The Balaban J connectivity index is 1.93. The van der Waals surface area contributed by atoms with Gasteiger partial charge in [-0.3, -0.25) is 9.59 Å². The van der Waals surface area contributed by atoms with Crippen molar-refractivity contribution >= 4 is 22.5 Å². The quantitative estimate of drug-likeness (QED) is 0.747. The van der Waals surface area contributed by atoms with Crippen molar-refractivity contribution in [1.82, 2.24) is 4.57 Å². The predicted molar refractivity (Wildman–Crippen MR) is 125 cm³/mol. The minimum atomic E-state index is -0.843. The molecule has 2 fully saturated rings. The Kier molecular flexibility index (Phi) is 5.66. The number of fused-ring (bicyclic) bond motifs is 1. The monoisotopic (exact) mass is 439 g/mol. The first-order valence-corrected chi connectivity index (χ1v) is 11.8. The van der Waals surface area contributed by atoms with Gasteiger partial charge < -0.3 is 14.8 Å². The van der Waals surface area contributed by atoms with E-state index in [9.17, 15) is 19.8 Å². The second kappa shape index (κ2) is 7.81. The van der Waals surface area contributed by atoms with Crippen LogP contribution < -0.4 is 0 Å². The number of aromatic nitrogens is 1. The summed E-state index contributed by atoms with van der Waals surface area (Å²) in [6.45, 7) is 10.0. The summed E-state index contributed by atoms with van der Waals surface area (Å²) in [5, 5.41) is 23.5. The molecule has 0 saturated heterocycles. The van der Waals surface area contributed by atoms with Gasteiger partial charge in [-0.1, -0.05) is 45.9 Å². The number of carbonyl (C=O) groups excluding carboxylic acids is 2. The summed E-state index contributed by atoms with van der Waals surface area (Å²) in [7, 11) is 1.99.